The Morgan fingerprint density at radius 3 is 2.31 bits per heavy atom. The minimum absolute atomic E-state index is 0.0768. The fourth-order valence-electron chi connectivity index (χ4n) is 3.01. The van der Waals surface area contributed by atoms with Gasteiger partial charge in [0.2, 0.25) is 0 Å². The molecule has 0 spiro atoms. The average Bonchev–Trinajstić information content (AvgIpc) is 2.71. The van der Waals surface area contributed by atoms with Crippen LogP contribution in [0.5, 0.6) is 5.75 Å². The van der Waals surface area contributed by atoms with Crippen LogP contribution >= 0.6 is 27.5 Å². The molecule has 9 heteroatoms. The van der Waals surface area contributed by atoms with E-state index < -0.39 is 23.6 Å². The second-order valence-electron chi connectivity index (χ2n) is 6.58. The van der Waals surface area contributed by atoms with E-state index in [2.05, 4.69) is 15.9 Å². The van der Waals surface area contributed by atoms with Crippen molar-refractivity contribution in [2.24, 2.45) is 0 Å². The summed E-state index contributed by atoms with van der Waals surface area (Å²) in [7, 11) is 0. The molecule has 1 unspecified atom stereocenters. The highest BCUT2D eigenvalue weighted by Crippen LogP contribution is 2.29. The molecule has 1 fully saturated rings. The van der Waals surface area contributed by atoms with Crippen LogP contribution in [-0.4, -0.2) is 53.9 Å². The first-order valence-electron chi connectivity index (χ1n) is 8.91. The van der Waals surface area contributed by atoms with E-state index in [1.54, 1.807) is 30.0 Å². The standard InChI is InChI=1S/C20H18BrClF2N2O3/c1-12(29-18-5-3-14(22)11-15(18)21)19(27)25-6-8-26(9-7-25)20(28)13-2-4-16(23)17(24)10-13/h2-5,10-12H,6-9H2,1H3. The highest BCUT2D eigenvalue weighted by Gasteiger charge is 2.28. The van der Waals surface area contributed by atoms with E-state index >= 15 is 0 Å². The van der Waals surface area contributed by atoms with Crippen LogP contribution in [0.4, 0.5) is 8.78 Å². The van der Waals surface area contributed by atoms with Gasteiger partial charge in [-0.2, -0.15) is 0 Å². The van der Waals surface area contributed by atoms with Gasteiger partial charge in [0.1, 0.15) is 5.75 Å². The van der Waals surface area contributed by atoms with Gasteiger partial charge < -0.3 is 14.5 Å². The van der Waals surface area contributed by atoms with Gasteiger partial charge in [0.25, 0.3) is 11.8 Å². The van der Waals surface area contributed by atoms with Crippen LogP contribution < -0.4 is 4.74 Å². The second kappa shape index (κ2) is 9.09. The highest BCUT2D eigenvalue weighted by atomic mass is 79.9. The van der Waals surface area contributed by atoms with Crippen molar-refractivity contribution in [1.29, 1.82) is 0 Å². The Morgan fingerprint density at radius 2 is 1.69 bits per heavy atom. The second-order valence-corrected chi connectivity index (χ2v) is 7.87. The molecule has 1 saturated heterocycles. The van der Waals surface area contributed by atoms with Gasteiger partial charge in [-0.05, 0) is 59.3 Å². The maximum absolute atomic E-state index is 13.4. The lowest BCUT2D eigenvalue weighted by molar-refractivity contribution is -0.139. The number of amides is 2. The molecule has 154 valence electrons. The molecule has 5 nitrogen and oxygen atoms in total. The van der Waals surface area contributed by atoms with Crippen LogP contribution in [0, 0.1) is 11.6 Å². The summed E-state index contributed by atoms with van der Waals surface area (Å²) < 4.78 is 32.8. The first-order chi connectivity index (χ1) is 13.8. The highest BCUT2D eigenvalue weighted by molar-refractivity contribution is 9.10. The normalized spacial score (nSPS) is 15.2. The molecule has 1 aliphatic heterocycles. The molecule has 2 aromatic rings. The molecule has 0 saturated carbocycles. The van der Waals surface area contributed by atoms with E-state index in [0.29, 0.717) is 41.4 Å². The van der Waals surface area contributed by atoms with Crippen molar-refractivity contribution in [2.45, 2.75) is 13.0 Å². The number of halogens is 4. The Morgan fingerprint density at radius 1 is 1.03 bits per heavy atom. The zero-order valence-electron chi connectivity index (χ0n) is 15.5. The van der Waals surface area contributed by atoms with E-state index in [0.717, 1.165) is 12.1 Å². The quantitative estimate of drug-likeness (QED) is 0.652. The number of carbonyl (C=O) groups is 2. The average molecular weight is 488 g/mol. The molecule has 3 rings (SSSR count). The van der Waals surface area contributed by atoms with Crippen molar-refractivity contribution in [2.75, 3.05) is 26.2 Å². The number of piperazine rings is 1. The van der Waals surface area contributed by atoms with Gasteiger partial charge in [-0.1, -0.05) is 11.6 Å². The van der Waals surface area contributed by atoms with E-state index in [1.165, 1.54) is 11.0 Å². The van der Waals surface area contributed by atoms with Gasteiger partial charge >= 0.3 is 0 Å². The Kier molecular flexibility index (Phi) is 6.74. The maximum Gasteiger partial charge on any atom is 0.263 e. The van der Waals surface area contributed by atoms with Crippen LogP contribution in [0.15, 0.2) is 40.9 Å². The summed E-state index contributed by atoms with van der Waals surface area (Å²) in [6, 6.07) is 8.08. The summed E-state index contributed by atoms with van der Waals surface area (Å²) in [4.78, 5) is 28.3. The van der Waals surface area contributed by atoms with Gasteiger partial charge in [-0.25, -0.2) is 8.78 Å². The predicted molar refractivity (Wildman–Crippen MR) is 108 cm³/mol. The Hall–Kier alpha value is -2.19. The van der Waals surface area contributed by atoms with Crippen molar-refractivity contribution in [1.82, 2.24) is 9.80 Å². The third-order valence-corrected chi connectivity index (χ3v) is 5.45. The molecule has 0 radical (unpaired) electrons. The number of nitrogens with zero attached hydrogens (tertiary/aromatic N) is 2. The van der Waals surface area contributed by atoms with Crippen LogP contribution in [0.25, 0.3) is 0 Å². The molecule has 0 aliphatic carbocycles. The van der Waals surface area contributed by atoms with E-state index in [-0.39, 0.29) is 11.5 Å². The molecular weight excluding hydrogens is 470 g/mol. The molecule has 1 aliphatic rings. The van der Waals surface area contributed by atoms with E-state index in [4.69, 9.17) is 16.3 Å². The third-order valence-electron chi connectivity index (χ3n) is 4.59. The fourth-order valence-corrected chi connectivity index (χ4v) is 3.79. The van der Waals surface area contributed by atoms with Gasteiger partial charge in [0.15, 0.2) is 17.7 Å². The fraction of sp³-hybridized carbons (Fsp3) is 0.300. The number of benzene rings is 2. The Bertz CT molecular complexity index is 936. The summed E-state index contributed by atoms with van der Waals surface area (Å²) in [6.07, 6.45) is -0.721. The summed E-state index contributed by atoms with van der Waals surface area (Å²) in [5.74, 6) is -2.16. The number of carbonyl (C=O) groups excluding carboxylic acids is 2. The molecule has 1 atom stereocenters. The maximum atomic E-state index is 13.4. The zero-order chi connectivity index (χ0) is 21.1. The van der Waals surface area contributed by atoms with Crippen molar-refractivity contribution in [3.05, 3.63) is 63.1 Å². The number of rotatable bonds is 4. The number of hydrogen-bond acceptors (Lipinski definition) is 3. The van der Waals surface area contributed by atoms with Crippen molar-refractivity contribution in [3.63, 3.8) is 0 Å². The van der Waals surface area contributed by atoms with Gasteiger partial charge in [0.05, 0.1) is 4.47 Å². The molecule has 2 amide bonds. The topological polar surface area (TPSA) is 49.9 Å². The Balaban J connectivity index is 1.57. The lowest BCUT2D eigenvalue weighted by atomic mass is 10.1. The molecule has 0 N–H and O–H groups in total. The minimum atomic E-state index is -1.07. The lowest BCUT2D eigenvalue weighted by Crippen LogP contribution is -2.53. The Labute approximate surface area is 180 Å². The summed E-state index contributed by atoms with van der Waals surface area (Å²) >= 11 is 9.25. The lowest BCUT2D eigenvalue weighted by Gasteiger charge is -2.36. The minimum Gasteiger partial charge on any atom is -0.480 e. The predicted octanol–water partition coefficient (Wildman–Crippen LogP) is 4.13. The molecule has 0 bridgehead atoms. The van der Waals surface area contributed by atoms with Crippen LogP contribution in [-0.2, 0) is 4.79 Å². The first-order valence-corrected chi connectivity index (χ1v) is 10.1. The van der Waals surface area contributed by atoms with Gasteiger partial charge in [-0.3, -0.25) is 9.59 Å². The molecule has 0 aromatic heterocycles. The first kappa shape index (κ1) is 21.5. The third kappa shape index (κ3) is 5.05. The molecule has 29 heavy (non-hydrogen) atoms. The van der Waals surface area contributed by atoms with Crippen LogP contribution in [0.1, 0.15) is 17.3 Å². The number of hydrogen-bond donors (Lipinski definition) is 0. The van der Waals surface area contributed by atoms with Gasteiger partial charge in [0, 0.05) is 36.8 Å². The van der Waals surface area contributed by atoms with Crippen LogP contribution in [0.2, 0.25) is 5.02 Å². The van der Waals surface area contributed by atoms with Gasteiger partial charge in [-0.15, -0.1) is 0 Å². The van der Waals surface area contributed by atoms with Crippen molar-refractivity contribution < 1.29 is 23.1 Å². The molecule has 1 heterocycles. The van der Waals surface area contributed by atoms with Crippen LogP contribution in [0.3, 0.4) is 0 Å². The summed E-state index contributed by atoms with van der Waals surface area (Å²) in [6.45, 7) is 2.89. The zero-order valence-corrected chi connectivity index (χ0v) is 17.8. The van der Waals surface area contributed by atoms with E-state index in [1.807, 2.05) is 0 Å². The molecular formula is C20H18BrClF2N2O3. The number of ether oxygens (including phenoxy) is 1. The van der Waals surface area contributed by atoms with E-state index in [9.17, 15) is 18.4 Å². The smallest absolute Gasteiger partial charge is 0.263 e. The van der Waals surface area contributed by atoms with Crippen molar-refractivity contribution in [3.8, 4) is 5.75 Å². The largest absolute Gasteiger partial charge is 0.480 e. The summed E-state index contributed by atoms with van der Waals surface area (Å²) in [5, 5.41) is 0.546. The summed E-state index contributed by atoms with van der Waals surface area (Å²) in [5.41, 5.74) is 0.0768. The SMILES string of the molecule is CC(Oc1ccc(Cl)cc1Br)C(=O)N1CCN(C(=O)c2ccc(F)c(F)c2)CC1. The van der Waals surface area contributed by atoms with Crippen molar-refractivity contribution >= 4 is 39.3 Å². The molecule has 2 aromatic carbocycles. The monoisotopic (exact) mass is 486 g/mol.